The quantitative estimate of drug-likeness (QED) is 0.345. The molecule has 1 unspecified atom stereocenters. The number of amidine groups is 1. The molecule has 1 rings (SSSR count). The van der Waals surface area contributed by atoms with Crippen LogP contribution in [-0.2, 0) is 0 Å². The zero-order valence-corrected chi connectivity index (χ0v) is 9.81. The number of aromatic nitrogens is 4. The van der Waals surface area contributed by atoms with Gasteiger partial charge in [0.05, 0.1) is 0 Å². The first kappa shape index (κ1) is 12.1. The summed E-state index contributed by atoms with van der Waals surface area (Å²) in [6, 6.07) is 0. The number of rotatable bonds is 2. The Morgan fingerprint density at radius 2 is 2.33 bits per heavy atom. The Kier molecular flexibility index (Phi) is 4.64. The van der Waals surface area contributed by atoms with Gasteiger partial charge in [0.15, 0.2) is 0 Å². The van der Waals surface area contributed by atoms with Crippen LogP contribution in [0.3, 0.4) is 0 Å². The molecule has 1 heterocycles. The first-order valence-corrected chi connectivity index (χ1v) is 5.13. The second-order valence-corrected chi connectivity index (χ2v) is 3.58. The van der Waals surface area contributed by atoms with Gasteiger partial charge in [-0.15, -0.1) is 5.10 Å². The van der Waals surface area contributed by atoms with Crippen LogP contribution >= 0.6 is 23.2 Å². The van der Waals surface area contributed by atoms with Gasteiger partial charge in [0.1, 0.15) is 17.7 Å². The SMILES string of the molecule is CC/C(=N\C(Cl)=N/C(C)Cl)n1cnnn1. The Bertz CT molecular complexity index is 356. The van der Waals surface area contributed by atoms with Crippen molar-refractivity contribution in [3.63, 3.8) is 0 Å². The minimum absolute atomic E-state index is 0.0878. The molecule has 0 aliphatic rings. The molecule has 0 aliphatic carbocycles. The molecule has 1 aromatic heterocycles. The molecule has 0 aromatic carbocycles. The Labute approximate surface area is 97.0 Å². The second-order valence-electron chi connectivity index (χ2n) is 2.61. The molecule has 15 heavy (non-hydrogen) atoms. The van der Waals surface area contributed by atoms with E-state index in [1.807, 2.05) is 6.92 Å². The standard InChI is InChI=1S/C7H10Cl2N6/c1-3-6(15-4-10-13-14-15)12-7(9)11-5(2)8/h4-5H,3H2,1-2H3/b11-7-,12-6+. The summed E-state index contributed by atoms with van der Waals surface area (Å²) in [5.74, 6) is 0.603. The van der Waals surface area contributed by atoms with Crippen LogP contribution in [0.25, 0.3) is 0 Å². The fraction of sp³-hybridized carbons (Fsp3) is 0.571. The van der Waals surface area contributed by atoms with E-state index >= 15 is 0 Å². The van der Waals surface area contributed by atoms with Crippen LogP contribution in [0.2, 0.25) is 0 Å². The van der Waals surface area contributed by atoms with Crippen molar-refractivity contribution >= 4 is 34.3 Å². The lowest BCUT2D eigenvalue weighted by atomic mass is 10.4. The molecule has 0 spiro atoms. The second kappa shape index (κ2) is 5.77. The fourth-order valence-corrected chi connectivity index (χ4v) is 1.24. The highest BCUT2D eigenvalue weighted by atomic mass is 35.5. The van der Waals surface area contributed by atoms with Crippen molar-refractivity contribution in [2.24, 2.45) is 9.98 Å². The highest BCUT2D eigenvalue weighted by molar-refractivity contribution is 6.65. The molecule has 0 amide bonds. The molecule has 1 atom stereocenters. The Hall–Kier alpha value is -1.01. The first-order chi connectivity index (χ1) is 7.13. The fourth-order valence-electron chi connectivity index (χ4n) is 0.854. The summed E-state index contributed by atoms with van der Waals surface area (Å²) < 4.78 is 1.43. The smallest absolute Gasteiger partial charge is 0.220 e. The summed E-state index contributed by atoms with van der Waals surface area (Å²) >= 11 is 11.4. The number of hydrogen-bond acceptors (Lipinski definition) is 4. The van der Waals surface area contributed by atoms with Crippen LogP contribution in [0, 0.1) is 0 Å². The maximum absolute atomic E-state index is 5.76. The number of hydrogen-bond donors (Lipinski definition) is 0. The Morgan fingerprint density at radius 3 is 2.80 bits per heavy atom. The third-order valence-corrected chi connectivity index (χ3v) is 1.72. The van der Waals surface area contributed by atoms with Gasteiger partial charge < -0.3 is 0 Å². The van der Waals surface area contributed by atoms with Crippen molar-refractivity contribution in [1.82, 2.24) is 20.2 Å². The van der Waals surface area contributed by atoms with E-state index in [4.69, 9.17) is 23.2 Å². The van der Waals surface area contributed by atoms with Crippen molar-refractivity contribution in [2.45, 2.75) is 25.8 Å². The predicted molar refractivity (Wildman–Crippen MR) is 59.5 cm³/mol. The number of alkyl halides is 1. The summed E-state index contributed by atoms with van der Waals surface area (Å²) in [4.78, 5) is 7.90. The van der Waals surface area contributed by atoms with Gasteiger partial charge >= 0.3 is 0 Å². The largest absolute Gasteiger partial charge is 0.237 e. The molecule has 6 nitrogen and oxygen atoms in total. The van der Waals surface area contributed by atoms with E-state index in [0.29, 0.717) is 12.3 Å². The van der Waals surface area contributed by atoms with E-state index < -0.39 is 5.50 Å². The zero-order chi connectivity index (χ0) is 11.3. The summed E-state index contributed by atoms with van der Waals surface area (Å²) in [7, 11) is 0. The summed E-state index contributed by atoms with van der Waals surface area (Å²) in [5, 5.41) is 10.8. The van der Waals surface area contributed by atoms with Crippen molar-refractivity contribution in [1.29, 1.82) is 0 Å². The molecule has 0 aliphatic heterocycles. The minimum atomic E-state index is -0.409. The Balaban J connectivity index is 2.88. The van der Waals surface area contributed by atoms with Gasteiger partial charge in [-0.2, -0.15) is 4.68 Å². The predicted octanol–water partition coefficient (Wildman–Crippen LogP) is 1.51. The van der Waals surface area contributed by atoms with E-state index in [0.717, 1.165) is 0 Å². The van der Waals surface area contributed by atoms with Crippen molar-refractivity contribution in [3.05, 3.63) is 6.33 Å². The van der Waals surface area contributed by atoms with E-state index in [-0.39, 0.29) is 5.29 Å². The molecular formula is C7H10Cl2N6. The monoisotopic (exact) mass is 248 g/mol. The van der Waals surface area contributed by atoms with Gasteiger partial charge in [0.25, 0.3) is 0 Å². The van der Waals surface area contributed by atoms with Gasteiger partial charge in [-0.05, 0) is 29.0 Å². The lowest BCUT2D eigenvalue weighted by Gasteiger charge is -2.00. The van der Waals surface area contributed by atoms with Crippen molar-refractivity contribution < 1.29 is 0 Å². The number of nitrogens with zero attached hydrogens (tertiary/aromatic N) is 6. The van der Waals surface area contributed by atoms with Crippen LogP contribution in [0.4, 0.5) is 0 Å². The van der Waals surface area contributed by atoms with Gasteiger partial charge in [0, 0.05) is 6.42 Å². The molecule has 82 valence electrons. The van der Waals surface area contributed by atoms with Crippen LogP contribution in [0.1, 0.15) is 20.3 Å². The van der Waals surface area contributed by atoms with E-state index in [1.54, 1.807) is 6.92 Å². The topological polar surface area (TPSA) is 68.3 Å². The molecule has 8 heteroatoms. The normalized spacial score (nSPS) is 15.5. The van der Waals surface area contributed by atoms with E-state index in [2.05, 4.69) is 25.5 Å². The highest BCUT2D eigenvalue weighted by Gasteiger charge is 2.03. The number of tetrazole rings is 1. The molecule has 0 saturated heterocycles. The molecule has 0 saturated carbocycles. The van der Waals surface area contributed by atoms with E-state index in [1.165, 1.54) is 11.0 Å². The van der Waals surface area contributed by atoms with Crippen LogP contribution < -0.4 is 0 Å². The average Bonchev–Trinajstić information content (AvgIpc) is 2.65. The maximum Gasteiger partial charge on any atom is 0.220 e. The molecule has 0 fully saturated rings. The lowest BCUT2D eigenvalue weighted by molar-refractivity contribution is 0.807. The van der Waals surface area contributed by atoms with Crippen molar-refractivity contribution in [2.75, 3.05) is 0 Å². The van der Waals surface area contributed by atoms with Gasteiger partial charge in [0.2, 0.25) is 5.29 Å². The highest BCUT2D eigenvalue weighted by Crippen LogP contribution is 2.01. The first-order valence-electron chi connectivity index (χ1n) is 4.31. The summed E-state index contributed by atoms with van der Waals surface area (Å²) in [5.41, 5.74) is -0.409. The molecule has 1 aromatic rings. The van der Waals surface area contributed by atoms with Gasteiger partial charge in [-0.25, -0.2) is 9.98 Å². The average molecular weight is 249 g/mol. The van der Waals surface area contributed by atoms with Crippen LogP contribution in [0.15, 0.2) is 16.3 Å². The zero-order valence-electron chi connectivity index (χ0n) is 8.30. The van der Waals surface area contributed by atoms with Gasteiger partial charge in [-0.3, -0.25) is 0 Å². The lowest BCUT2D eigenvalue weighted by Crippen LogP contribution is -2.13. The molecular weight excluding hydrogens is 239 g/mol. The number of aliphatic imine (C=N–C) groups is 2. The van der Waals surface area contributed by atoms with E-state index in [9.17, 15) is 0 Å². The summed E-state index contributed by atoms with van der Waals surface area (Å²) in [6.07, 6.45) is 2.07. The minimum Gasteiger partial charge on any atom is -0.237 e. The van der Waals surface area contributed by atoms with Crippen molar-refractivity contribution in [3.8, 4) is 0 Å². The summed E-state index contributed by atoms with van der Waals surface area (Å²) in [6.45, 7) is 3.61. The molecule has 0 N–H and O–H groups in total. The van der Waals surface area contributed by atoms with Crippen LogP contribution in [0.5, 0.6) is 0 Å². The third kappa shape index (κ3) is 3.93. The Morgan fingerprint density at radius 1 is 1.60 bits per heavy atom. The molecule has 0 bridgehead atoms. The maximum atomic E-state index is 5.76. The molecule has 0 radical (unpaired) electrons. The van der Waals surface area contributed by atoms with Crippen LogP contribution in [-0.4, -0.2) is 36.8 Å². The number of halogens is 2. The third-order valence-electron chi connectivity index (χ3n) is 1.44. The van der Waals surface area contributed by atoms with Gasteiger partial charge in [-0.1, -0.05) is 18.5 Å².